The van der Waals surface area contributed by atoms with Crippen LogP contribution in [0.1, 0.15) is 37.8 Å². The number of carboxylic acids is 1. The first kappa shape index (κ1) is 26.0. The van der Waals surface area contributed by atoms with Gasteiger partial charge in [-0.3, -0.25) is 4.68 Å². The number of aliphatic hydroxyl groups is 1. The summed E-state index contributed by atoms with van der Waals surface area (Å²) in [5.41, 5.74) is 2.96. The highest BCUT2D eigenvalue weighted by molar-refractivity contribution is 5.83. The Labute approximate surface area is 209 Å². The van der Waals surface area contributed by atoms with Gasteiger partial charge in [0, 0.05) is 35.5 Å². The second-order valence-electron chi connectivity index (χ2n) is 9.44. The maximum atomic E-state index is 15.0. The number of halogens is 2. The zero-order chi connectivity index (χ0) is 25.5. The lowest BCUT2D eigenvalue weighted by molar-refractivity contribution is -0.142. The first-order valence-corrected chi connectivity index (χ1v) is 12.5. The molecule has 6 nitrogen and oxygen atoms in total. The third-order valence-corrected chi connectivity index (χ3v) is 6.87. The lowest BCUT2D eigenvalue weighted by Gasteiger charge is -2.28. The molecule has 0 aliphatic heterocycles. The van der Waals surface area contributed by atoms with Crippen molar-refractivity contribution in [1.29, 1.82) is 0 Å². The van der Waals surface area contributed by atoms with Crippen molar-refractivity contribution >= 4 is 5.97 Å². The molecule has 1 saturated carbocycles. The van der Waals surface area contributed by atoms with Gasteiger partial charge in [-0.25, -0.2) is 13.6 Å². The minimum absolute atomic E-state index is 0.0155. The molecule has 4 rings (SSSR count). The maximum Gasteiger partial charge on any atom is 0.329 e. The van der Waals surface area contributed by atoms with Gasteiger partial charge in [-0.1, -0.05) is 42.5 Å². The van der Waals surface area contributed by atoms with E-state index in [-0.39, 0.29) is 18.8 Å². The molecule has 1 aliphatic rings. The van der Waals surface area contributed by atoms with Gasteiger partial charge in [-0.2, -0.15) is 5.10 Å². The summed E-state index contributed by atoms with van der Waals surface area (Å²) in [5, 5.41) is 23.2. The Bertz CT molecular complexity index is 1160. The zero-order valence-electron chi connectivity index (χ0n) is 20.2. The molecular weight excluding hydrogens is 466 g/mol. The summed E-state index contributed by atoms with van der Waals surface area (Å²) >= 11 is 0. The van der Waals surface area contributed by atoms with Gasteiger partial charge >= 0.3 is 5.97 Å². The smallest absolute Gasteiger partial charge is 0.329 e. The van der Waals surface area contributed by atoms with Gasteiger partial charge < -0.3 is 14.9 Å². The number of benzene rings is 2. The monoisotopic (exact) mass is 498 g/mol. The summed E-state index contributed by atoms with van der Waals surface area (Å²) in [7, 11) is 0. The van der Waals surface area contributed by atoms with Crippen LogP contribution in [0.5, 0.6) is 0 Å². The molecule has 0 spiro atoms. The van der Waals surface area contributed by atoms with E-state index in [1.165, 1.54) is 6.07 Å². The molecule has 1 aliphatic carbocycles. The number of ether oxygens (including phenoxy) is 1. The predicted octanol–water partition coefficient (Wildman–Crippen LogP) is 5.33. The minimum atomic E-state index is -0.961. The van der Waals surface area contributed by atoms with Crippen molar-refractivity contribution in [1.82, 2.24) is 9.78 Å². The average Bonchev–Trinajstić information content (AvgIpc) is 3.23. The Hall–Kier alpha value is -3.10. The van der Waals surface area contributed by atoms with Crippen LogP contribution in [0.4, 0.5) is 8.78 Å². The summed E-state index contributed by atoms with van der Waals surface area (Å²) in [5.74, 6) is -2.08. The molecule has 0 radical (unpaired) electrons. The normalized spacial score (nSPS) is 17.9. The first-order chi connectivity index (χ1) is 17.5. The molecule has 0 unspecified atom stereocenters. The fraction of sp³-hybridized carbons (Fsp3) is 0.429. The van der Waals surface area contributed by atoms with Crippen molar-refractivity contribution in [3.05, 3.63) is 65.9 Å². The van der Waals surface area contributed by atoms with Crippen LogP contribution in [0.3, 0.4) is 0 Å². The van der Waals surface area contributed by atoms with Gasteiger partial charge in [-0.05, 0) is 56.4 Å². The Morgan fingerprint density at radius 2 is 1.75 bits per heavy atom. The topological polar surface area (TPSA) is 84.6 Å². The third kappa shape index (κ3) is 6.17. The molecule has 192 valence electrons. The van der Waals surface area contributed by atoms with Crippen molar-refractivity contribution in [3.63, 3.8) is 0 Å². The number of hydrogen-bond donors (Lipinski definition) is 2. The summed E-state index contributed by atoms with van der Waals surface area (Å²) < 4.78 is 36.5. The van der Waals surface area contributed by atoms with Crippen LogP contribution >= 0.6 is 0 Å². The number of aliphatic carboxylic acids is 1. The lowest BCUT2D eigenvalue weighted by Crippen LogP contribution is -2.24. The molecule has 1 aromatic heterocycles. The summed E-state index contributed by atoms with van der Waals surface area (Å²) in [6.45, 7) is 0.797. The second kappa shape index (κ2) is 12.2. The van der Waals surface area contributed by atoms with Crippen LogP contribution in [0, 0.1) is 23.5 Å². The van der Waals surface area contributed by atoms with E-state index in [0.717, 1.165) is 43.0 Å². The highest BCUT2D eigenvalue weighted by atomic mass is 19.2. The molecule has 1 fully saturated rings. The fourth-order valence-corrected chi connectivity index (χ4v) is 5.06. The third-order valence-electron chi connectivity index (χ3n) is 6.87. The number of aliphatic hydroxyl groups excluding tert-OH is 1. The van der Waals surface area contributed by atoms with E-state index in [4.69, 9.17) is 14.9 Å². The molecule has 1 heterocycles. The number of rotatable bonds is 11. The number of aromatic nitrogens is 2. The van der Waals surface area contributed by atoms with Crippen LogP contribution in [-0.2, 0) is 22.5 Å². The van der Waals surface area contributed by atoms with Crippen LogP contribution in [0.2, 0.25) is 0 Å². The molecule has 8 heteroatoms. The molecule has 3 aromatic rings. The zero-order valence-corrected chi connectivity index (χ0v) is 20.2. The largest absolute Gasteiger partial charge is 0.480 e. The number of hydrogen-bond acceptors (Lipinski definition) is 4. The lowest BCUT2D eigenvalue weighted by atomic mass is 9.82. The first-order valence-electron chi connectivity index (χ1n) is 12.5. The molecule has 0 bridgehead atoms. The summed E-state index contributed by atoms with van der Waals surface area (Å²) in [4.78, 5) is 10.7. The van der Waals surface area contributed by atoms with Crippen LogP contribution in [0.25, 0.3) is 22.4 Å². The van der Waals surface area contributed by atoms with Crippen LogP contribution < -0.4 is 0 Å². The summed E-state index contributed by atoms with van der Waals surface area (Å²) in [6, 6.07) is 13.7. The highest BCUT2D eigenvalue weighted by Crippen LogP contribution is 2.38. The van der Waals surface area contributed by atoms with Crippen LogP contribution in [0.15, 0.2) is 48.5 Å². The van der Waals surface area contributed by atoms with Gasteiger partial charge in [0.1, 0.15) is 12.3 Å². The molecule has 0 amide bonds. The standard InChI is InChI=1S/C28H32F2N2O4/c29-23-9-4-8-22(27(23)30)26-24(10-5-15-33)32(31-28(26)21-6-2-1-3-7-21)16-19-11-13-20(14-12-19)17-36-18-25(34)35/h1-4,6-9,19-20,33H,5,10-18H2,(H,34,35)/t19-,20-. The van der Waals surface area contributed by atoms with Gasteiger partial charge in [0.2, 0.25) is 0 Å². The van der Waals surface area contributed by atoms with Gasteiger partial charge in [0.15, 0.2) is 11.6 Å². The van der Waals surface area contributed by atoms with E-state index < -0.39 is 17.6 Å². The van der Waals surface area contributed by atoms with Crippen molar-refractivity contribution in [2.75, 3.05) is 19.8 Å². The van der Waals surface area contributed by atoms with E-state index in [1.54, 1.807) is 6.07 Å². The predicted molar refractivity (Wildman–Crippen MR) is 132 cm³/mol. The Morgan fingerprint density at radius 1 is 1.03 bits per heavy atom. The number of carboxylic acid groups (broad SMARTS) is 1. The molecule has 36 heavy (non-hydrogen) atoms. The van der Waals surface area contributed by atoms with E-state index >= 15 is 4.39 Å². The average molecular weight is 499 g/mol. The van der Waals surface area contributed by atoms with Crippen molar-refractivity contribution in [2.24, 2.45) is 11.8 Å². The Kier molecular flexibility index (Phi) is 8.83. The Morgan fingerprint density at radius 3 is 2.44 bits per heavy atom. The van der Waals surface area contributed by atoms with E-state index in [9.17, 15) is 14.3 Å². The second-order valence-corrected chi connectivity index (χ2v) is 9.44. The van der Waals surface area contributed by atoms with Crippen LogP contribution in [-0.4, -0.2) is 45.8 Å². The van der Waals surface area contributed by atoms with Crippen molar-refractivity contribution in [2.45, 2.75) is 45.1 Å². The minimum Gasteiger partial charge on any atom is -0.480 e. The SMILES string of the molecule is O=C(O)COC[C@H]1CC[C@H](Cn2nc(-c3ccccc3)c(-c3cccc(F)c3F)c2CCCO)CC1. The maximum absolute atomic E-state index is 15.0. The van der Waals surface area contributed by atoms with Gasteiger partial charge in [0.25, 0.3) is 0 Å². The fourth-order valence-electron chi connectivity index (χ4n) is 5.06. The van der Waals surface area contributed by atoms with E-state index in [0.29, 0.717) is 49.1 Å². The van der Waals surface area contributed by atoms with Crippen molar-refractivity contribution < 1.29 is 28.5 Å². The summed E-state index contributed by atoms with van der Waals surface area (Å²) in [6.07, 6.45) is 4.75. The van der Waals surface area contributed by atoms with Gasteiger partial charge in [-0.15, -0.1) is 0 Å². The molecular formula is C28H32F2N2O4. The van der Waals surface area contributed by atoms with Gasteiger partial charge in [0.05, 0.1) is 6.61 Å². The van der Waals surface area contributed by atoms with E-state index in [1.807, 2.05) is 35.0 Å². The number of nitrogens with zero attached hydrogens (tertiary/aromatic N) is 2. The van der Waals surface area contributed by atoms with E-state index in [2.05, 4.69) is 0 Å². The Balaban J connectivity index is 1.64. The molecule has 2 N–H and O–H groups in total. The quantitative estimate of drug-likeness (QED) is 0.373. The molecule has 2 aromatic carbocycles. The molecule has 0 saturated heterocycles. The highest BCUT2D eigenvalue weighted by Gasteiger charge is 2.27. The number of carbonyl (C=O) groups is 1. The molecule has 0 atom stereocenters. The van der Waals surface area contributed by atoms with Crippen molar-refractivity contribution in [3.8, 4) is 22.4 Å².